The van der Waals surface area contributed by atoms with Crippen LogP contribution < -0.4 is 9.47 Å². The van der Waals surface area contributed by atoms with E-state index in [2.05, 4.69) is 0 Å². The molecule has 180 valence electrons. The molecule has 0 radical (unpaired) electrons. The monoisotopic (exact) mass is 466 g/mol. The number of halogens is 3. The van der Waals surface area contributed by atoms with Gasteiger partial charge in [0.05, 0.1) is 50.4 Å². The molecule has 8 heteroatoms. The Labute approximate surface area is 191 Å². The van der Waals surface area contributed by atoms with Crippen molar-refractivity contribution in [2.75, 3.05) is 33.0 Å². The van der Waals surface area contributed by atoms with Crippen LogP contribution in [-0.2, 0) is 25.9 Å². The first-order chi connectivity index (χ1) is 15.5. The molecule has 3 rings (SSSR count). The van der Waals surface area contributed by atoms with Crippen LogP contribution in [0.1, 0.15) is 38.3 Å². The third-order valence-corrected chi connectivity index (χ3v) is 5.45. The highest BCUT2D eigenvalue weighted by atomic mass is 19.4. The van der Waals surface area contributed by atoms with Crippen LogP contribution in [0.25, 0.3) is 0 Å². The van der Waals surface area contributed by atoms with Crippen LogP contribution in [0.2, 0.25) is 0 Å². The van der Waals surface area contributed by atoms with E-state index in [0.29, 0.717) is 37.9 Å². The summed E-state index contributed by atoms with van der Waals surface area (Å²) in [6, 6.07) is 12.2. The van der Waals surface area contributed by atoms with Crippen molar-refractivity contribution in [3.05, 3.63) is 59.7 Å². The minimum Gasteiger partial charge on any atom is -0.493 e. The summed E-state index contributed by atoms with van der Waals surface area (Å²) in [5.74, 6) is 0.804. The second kappa shape index (κ2) is 10.0. The number of ether oxygens (including phenoxy) is 4. The molecule has 0 spiro atoms. The Hall–Kier alpha value is -2.74. The van der Waals surface area contributed by atoms with E-state index in [0.717, 1.165) is 17.7 Å². The summed E-state index contributed by atoms with van der Waals surface area (Å²) in [6.07, 6.45) is -4.10. The Morgan fingerprint density at radius 2 is 1.45 bits per heavy atom. The van der Waals surface area contributed by atoms with Crippen molar-refractivity contribution in [3.63, 3.8) is 0 Å². The lowest BCUT2D eigenvalue weighted by Gasteiger charge is -2.41. The van der Waals surface area contributed by atoms with Crippen LogP contribution >= 0.6 is 0 Å². The highest BCUT2D eigenvalue weighted by Gasteiger charge is 2.42. The summed E-state index contributed by atoms with van der Waals surface area (Å²) in [5.41, 5.74) is -0.453. The standard InChI is InChI=1S/C25H29F3O5/c1-4-31-22(29)13-24(16-30-17-24)18-5-9-20(10-6-18)32-14-23(2,3)15-33-21-11-7-19(8-12-21)25(26,27)28/h5-12H,4,13-17H2,1-3H3. The number of carbonyl (C=O) groups excluding carboxylic acids is 1. The second-order valence-electron chi connectivity index (χ2n) is 9.04. The molecule has 1 aliphatic rings. The maximum atomic E-state index is 12.7. The van der Waals surface area contributed by atoms with E-state index in [1.54, 1.807) is 6.92 Å². The molecule has 0 atom stereocenters. The quantitative estimate of drug-likeness (QED) is 0.438. The third-order valence-electron chi connectivity index (χ3n) is 5.45. The largest absolute Gasteiger partial charge is 0.493 e. The lowest BCUT2D eigenvalue weighted by molar-refractivity contribution is -0.151. The maximum absolute atomic E-state index is 12.7. The van der Waals surface area contributed by atoms with Crippen molar-refractivity contribution >= 4 is 5.97 Å². The van der Waals surface area contributed by atoms with E-state index in [1.807, 2.05) is 38.1 Å². The van der Waals surface area contributed by atoms with Crippen LogP contribution in [0.3, 0.4) is 0 Å². The van der Waals surface area contributed by atoms with Crippen molar-refractivity contribution in [3.8, 4) is 11.5 Å². The lowest BCUT2D eigenvalue weighted by Crippen LogP contribution is -2.48. The molecule has 0 bridgehead atoms. The smallest absolute Gasteiger partial charge is 0.416 e. The van der Waals surface area contributed by atoms with Crippen molar-refractivity contribution in [2.24, 2.45) is 5.41 Å². The minimum absolute atomic E-state index is 0.240. The molecule has 0 N–H and O–H groups in total. The highest BCUT2D eigenvalue weighted by Crippen LogP contribution is 2.37. The number of alkyl halides is 3. The summed E-state index contributed by atoms with van der Waals surface area (Å²) < 4.78 is 60.1. The topological polar surface area (TPSA) is 54.0 Å². The van der Waals surface area contributed by atoms with E-state index in [1.165, 1.54) is 12.1 Å². The maximum Gasteiger partial charge on any atom is 0.416 e. The molecule has 5 nitrogen and oxygen atoms in total. The SMILES string of the molecule is CCOC(=O)CC1(c2ccc(OCC(C)(C)COc3ccc(C(F)(F)F)cc3)cc2)COC1. The fraction of sp³-hybridized carbons (Fsp3) is 0.480. The van der Waals surface area contributed by atoms with Crippen molar-refractivity contribution in [2.45, 2.75) is 38.8 Å². The van der Waals surface area contributed by atoms with Gasteiger partial charge < -0.3 is 18.9 Å². The number of carbonyl (C=O) groups is 1. The number of hydrogen-bond acceptors (Lipinski definition) is 5. The molecule has 1 saturated heterocycles. The summed E-state index contributed by atoms with van der Waals surface area (Å²) in [7, 11) is 0. The van der Waals surface area contributed by atoms with Crippen molar-refractivity contribution < 1.29 is 36.9 Å². The normalized spacial score (nSPS) is 15.5. The molecule has 2 aromatic carbocycles. The van der Waals surface area contributed by atoms with Crippen LogP contribution in [-0.4, -0.2) is 39.0 Å². The molecular formula is C25H29F3O5. The molecule has 33 heavy (non-hydrogen) atoms. The van der Waals surface area contributed by atoms with Gasteiger partial charge in [-0.3, -0.25) is 4.79 Å². The summed E-state index contributed by atoms with van der Waals surface area (Å²) in [4.78, 5) is 12.0. The van der Waals surface area contributed by atoms with Gasteiger partial charge in [-0.2, -0.15) is 13.2 Å². The summed E-state index contributed by atoms with van der Waals surface area (Å²) in [6.45, 7) is 7.60. The highest BCUT2D eigenvalue weighted by molar-refractivity contribution is 5.72. The van der Waals surface area contributed by atoms with Crippen molar-refractivity contribution in [1.29, 1.82) is 0 Å². The molecule has 2 aromatic rings. The van der Waals surface area contributed by atoms with E-state index >= 15 is 0 Å². The molecule has 0 saturated carbocycles. The van der Waals surface area contributed by atoms with Crippen LogP contribution in [0.4, 0.5) is 13.2 Å². The van der Waals surface area contributed by atoms with Gasteiger partial charge in [-0.25, -0.2) is 0 Å². The molecule has 0 unspecified atom stereocenters. The predicted molar refractivity (Wildman–Crippen MR) is 116 cm³/mol. The van der Waals surface area contributed by atoms with Gasteiger partial charge in [0.1, 0.15) is 11.5 Å². The number of esters is 1. The van der Waals surface area contributed by atoms with E-state index in [4.69, 9.17) is 18.9 Å². The minimum atomic E-state index is -4.37. The molecular weight excluding hydrogens is 437 g/mol. The van der Waals surface area contributed by atoms with Gasteiger partial charge in [-0.05, 0) is 48.9 Å². The Kier molecular flexibility index (Phi) is 7.57. The molecule has 0 amide bonds. The summed E-state index contributed by atoms with van der Waals surface area (Å²) >= 11 is 0. The fourth-order valence-electron chi connectivity index (χ4n) is 3.45. The Morgan fingerprint density at radius 1 is 0.939 bits per heavy atom. The Bertz CT molecular complexity index is 917. The van der Waals surface area contributed by atoms with Gasteiger partial charge in [0.2, 0.25) is 0 Å². The lowest BCUT2D eigenvalue weighted by atomic mass is 9.76. The van der Waals surface area contributed by atoms with Gasteiger partial charge in [0, 0.05) is 5.41 Å². The van der Waals surface area contributed by atoms with Crippen LogP contribution in [0, 0.1) is 5.41 Å². The zero-order valence-electron chi connectivity index (χ0n) is 19.0. The average molecular weight is 466 g/mol. The second-order valence-corrected chi connectivity index (χ2v) is 9.04. The van der Waals surface area contributed by atoms with Gasteiger partial charge in [-0.1, -0.05) is 26.0 Å². The first-order valence-electron chi connectivity index (χ1n) is 10.8. The van der Waals surface area contributed by atoms with E-state index in [-0.39, 0.29) is 29.8 Å². The fourth-order valence-corrected chi connectivity index (χ4v) is 3.45. The predicted octanol–water partition coefficient (Wildman–Crippen LogP) is 5.41. The third kappa shape index (κ3) is 6.63. The zero-order chi connectivity index (χ0) is 24.1. The van der Waals surface area contributed by atoms with Gasteiger partial charge >= 0.3 is 12.1 Å². The molecule has 0 aliphatic carbocycles. The summed E-state index contributed by atoms with van der Waals surface area (Å²) in [5, 5.41) is 0. The van der Waals surface area contributed by atoms with Crippen LogP contribution in [0.15, 0.2) is 48.5 Å². The zero-order valence-corrected chi connectivity index (χ0v) is 19.0. The van der Waals surface area contributed by atoms with Crippen molar-refractivity contribution in [1.82, 2.24) is 0 Å². The van der Waals surface area contributed by atoms with Gasteiger partial charge in [0.25, 0.3) is 0 Å². The molecule has 0 aromatic heterocycles. The Morgan fingerprint density at radius 3 is 1.88 bits per heavy atom. The number of hydrogen-bond donors (Lipinski definition) is 0. The number of rotatable bonds is 10. The first-order valence-corrected chi connectivity index (χ1v) is 10.8. The number of benzene rings is 2. The molecule has 1 heterocycles. The Balaban J connectivity index is 1.52. The van der Waals surface area contributed by atoms with Gasteiger partial charge in [0.15, 0.2) is 0 Å². The van der Waals surface area contributed by atoms with Gasteiger partial charge in [-0.15, -0.1) is 0 Å². The molecule has 1 fully saturated rings. The van der Waals surface area contributed by atoms with E-state index < -0.39 is 11.7 Å². The van der Waals surface area contributed by atoms with Crippen LogP contribution in [0.5, 0.6) is 11.5 Å². The average Bonchev–Trinajstić information content (AvgIpc) is 2.74. The first kappa shape index (κ1) is 24.9. The van der Waals surface area contributed by atoms with E-state index in [9.17, 15) is 18.0 Å². The molecule has 1 aliphatic heterocycles.